The molecule has 5 heteroatoms. The van der Waals surface area contributed by atoms with Crippen molar-refractivity contribution in [3.63, 3.8) is 0 Å². The van der Waals surface area contributed by atoms with Crippen molar-refractivity contribution in [2.45, 2.75) is 17.9 Å². The Bertz CT molecular complexity index is 468. The summed E-state index contributed by atoms with van der Waals surface area (Å²) >= 11 is 0. The molecule has 1 aromatic carbocycles. The zero-order valence-electron chi connectivity index (χ0n) is 8.88. The van der Waals surface area contributed by atoms with Crippen LogP contribution in [0.3, 0.4) is 0 Å². The van der Waals surface area contributed by atoms with Crippen molar-refractivity contribution in [3.8, 4) is 0 Å². The monoisotopic (exact) mass is 239 g/mol. The van der Waals surface area contributed by atoms with Crippen LogP contribution in [0.2, 0.25) is 0 Å². The summed E-state index contributed by atoms with van der Waals surface area (Å²) in [6, 6.07) is 5.47. The molecule has 1 rings (SSSR count). The summed E-state index contributed by atoms with van der Waals surface area (Å²) in [4.78, 5) is 10.6. The molecule has 1 atom stereocenters. The predicted molar refractivity (Wildman–Crippen MR) is 61.5 cm³/mol. The van der Waals surface area contributed by atoms with Crippen LogP contribution in [0.15, 0.2) is 41.8 Å². The Morgan fingerprint density at radius 3 is 2.31 bits per heavy atom. The maximum Gasteiger partial charge on any atom is 0.241 e. The van der Waals surface area contributed by atoms with Crippen molar-refractivity contribution in [2.75, 3.05) is 0 Å². The first-order valence-electron chi connectivity index (χ1n) is 4.66. The van der Waals surface area contributed by atoms with Crippen molar-refractivity contribution in [2.24, 2.45) is 0 Å². The minimum atomic E-state index is -3.65. The third-order valence-electron chi connectivity index (χ3n) is 2.02. The first kappa shape index (κ1) is 12.6. The lowest BCUT2D eigenvalue weighted by molar-refractivity contribution is -0.108. The number of hydrogen-bond donors (Lipinski definition) is 1. The van der Waals surface area contributed by atoms with E-state index in [1.54, 1.807) is 12.1 Å². The molecule has 16 heavy (non-hydrogen) atoms. The van der Waals surface area contributed by atoms with Gasteiger partial charge in [-0.25, -0.2) is 8.42 Å². The van der Waals surface area contributed by atoms with Gasteiger partial charge >= 0.3 is 0 Å². The second-order valence-corrected chi connectivity index (χ2v) is 5.05. The van der Waals surface area contributed by atoms with Crippen LogP contribution in [0.4, 0.5) is 0 Å². The van der Waals surface area contributed by atoms with Gasteiger partial charge in [0.25, 0.3) is 0 Å². The second-order valence-electron chi connectivity index (χ2n) is 3.33. The molecule has 0 heterocycles. The molecule has 0 saturated heterocycles. The number of aryl methyl sites for hydroxylation is 1. The number of sulfonamides is 1. The highest BCUT2D eigenvalue weighted by Gasteiger charge is 2.17. The molecule has 1 aromatic rings. The lowest BCUT2D eigenvalue weighted by atomic mass is 10.2. The average molecular weight is 239 g/mol. The van der Waals surface area contributed by atoms with E-state index in [9.17, 15) is 13.2 Å². The zero-order chi connectivity index (χ0) is 12.2. The highest BCUT2D eigenvalue weighted by molar-refractivity contribution is 7.89. The van der Waals surface area contributed by atoms with Gasteiger partial charge in [-0.1, -0.05) is 23.8 Å². The Hall–Kier alpha value is -1.46. The van der Waals surface area contributed by atoms with Gasteiger partial charge in [-0.3, -0.25) is 0 Å². The normalized spacial score (nSPS) is 13.1. The molecule has 1 N–H and O–H groups in total. The molecule has 0 bridgehead atoms. The summed E-state index contributed by atoms with van der Waals surface area (Å²) in [6.07, 6.45) is 1.72. The van der Waals surface area contributed by atoms with E-state index in [0.29, 0.717) is 6.29 Å². The van der Waals surface area contributed by atoms with Crippen molar-refractivity contribution in [1.82, 2.24) is 4.72 Å². The standard InChI is InChI=1S/C11H13NO3S/c1-3-10(8-13)12-16(14,15)11-6-4-9(2)5-7-11/h3-8,10,12H,1H2,2H3. The van der Waals surface area contributed by atoms with Crippen LogP contribution in [-0.2, 0) is 14.8 Å². The average Bonchev–Trinajstić information content (AvgIpc) is 2.26. The Morgan fingerprint density at radius 1 is 1.31 bits per heavy atom. The van der Waals surface area contributed by atoms with E-state index in [2.05, 4.69) is 11.3 Å². The Labute approximate surface area is 95.0 Å². The summed E-state index contributed by atoms with van der Waals surface area (Å²) in [5.74, 6) is 0. The van der Waals surface area contributed by atoms with E-state index in [4.69, 9.17) is 0 Å². The quantitative estimate of drug-likeness (QED) is 0.616. The third-order valence-corrected chi connectivity index (χ3v) is 3.50. The summed E-state index contributed by atoms with van der Waals surface area (Å²) in [5.41, 5.74) is 0.967. The predicted octanol–water partition coefficient (Wildman–Crippen LogP) is 1.03. The Kier molecular flexibility index (Phi) is 3.98. The minimum absolute atomic E-state index is 0.131. The first-order chi connectivity index (χ1) is 7.49. The smallest absolute Gasteiger partial charge is 0.241 e. The van der Waals surface area contributed by atoms with E-state index in [0.717, 1.165) is 5.56 Å². The maximum absolute atomic E-state index is 11.8. The van der Waals surface area contributed by atoms with E-state index >= 15 is 0 Å². The second kappa shape index (κ2) is 5.05. The van der Waals surface area contributed by atoms with E-state index in [1.807, 2.05) is 6.92 Å². The molecule has 0 fully saturated rings. The van der Waals surface area contributed by atoms with Crippen LogP contribution < -0.4 is 4.72 Å². The van der Waals surface area contributed by atoms with E-state index in [-0.39, 0.29) is 4.90 Å². The zero-order valence-corrected chi connectivity index (χ0v) is 9.70. The molecule has 0 spiro atoms. The van der Waals surface area contributed by atoms with E-state index in [1.165, 1.54) is 18.2 Å². The number of hydrogen-bond acceptors (Lipinski definition) is 3. The largest absolute Gasteiger partial charge is 0.301 e. The number of benzene rings is 1. The van der Waals surface area contributed by atoms with Gasteiger partial charge in [0, 0.05) is 0 Å². The SMILES string of the molecule is C=CC(C=O)NS(=O)(=O)c1ccc(C)cc1. The van der Waals surface area contributed by atoms with Crippen LogP contribution >= 0.6 is 0 Å². The fraction of sp³-hybridized carbons (Fsp3) is 0.182. The molecule has 0 saturated carbocycles. The lowest BCUT2D eigenvalue weighted by Crippen LogP contribution is -2.34. The molecule has 1 unspecified atom stereocenters. The van der Waals surface area contributed by atoms with Gasteiger partial charge in [-0.2, -0.15) is 4.72 Å². The summed E-state index contributed by atoms with van der Waals surface area (Å²) < 4.78 is 25.7. The maximum atomic E-state index is 11.8. The van der Waals surface area contributed by atoms with Crippen molar-refractivity contribution in [3.05, 3.63) is 42.5 Å². The first-order valence-corrected chi connectivity index (χ1v) is 6.15. The van der Waals surface area contributed by atoms with Gasteiger partial charge in [0.05, 0.1) is 10.9 Å². The molecule has 0 amide bonds. The molecule has 0 aliphatic carbocycles. The molecule has 0 aromatic heterocycles. The minimum Gasteiger partial charge on any atom is -0.301 e. The van der Waals surface area contributed by atoms with Crippen LogP contribution in [0.1, 0.15) is 5.56 Å². The molecule has 0 radical (unpaired) electrons. The number of rotatable bonds is 5. The molecule has 0 aliphatic heterocycles. The van der Waals surface area contributed by atoms with Crippen LogP contribution in [0.5, 0.6) is 0 Å². The summed E-state index contributed by atoms with van der Waals surface area (Å²) in [7, 11) is -3.65. The van der Waals surface area contributed by atoms with Crippen LogP contribution in [0.25, 0.3) is 0 Å². The molecule has 4 nitrogen and oxygen atoms in total. The van der Waals surface area contributed by atoms with Gasteiger partial charge in [0.2, 0.25) is 10.0 Å². The van der Waals surface area contributed by atoms with Crippen molar-refractivity contribution >= 4 is 16.3 Å². The molecular formula is C11H13NO3S. The van der Waals surface area contributed by atoms with Gasteiger partial charge in [0.15, 0.2) is 0 Å². The Balaban J connectivity index is 2.98. The van der Waals surface area contributed by atoms with Crippen LogP contribution in [0, 0.1) is 6.92 Å². The fourth-order valence-corrected chi connectivity index (χ4v) is 2.24. The summed E-state index contributed by atoms with van der Waals surface area (Å²) in [5, 5.41) is 0. The molecular weight excluding hydrogens is 226 g/mol. The lowest BCUT2D eigenvalue weighted by Gasteiger charge is -2.09. The van der Waals surface area contributed by atoms with Crippen LogP contribution in [-0.4, -0.2) is 20.7 Å². The molecule has 86 valence electrons. The highest BCUT2D eigenvalue weighted by Crippen LogP contribution is 2.10. The van der Waals surface area contributed by atoms with Gasteiger partial charge in [0.1, 0.15) is 6.29 Å². The fourth-order valence-electron chi connectivity index (χ4n) is 1.10. The Morgan fingerprint density at radius 2 is 1.88 bits per heavy atom. The highest BCUT2D eigenvalue weighted by atomic mass is 32.2. The van der Waals surface area contributed by atoms with Crippen molar-refractivity contribution < 1.29 is 13.2 Å². The molecule has 0 aliphatic rings. The number of carbonyl (C=O) groups excluding carboxylic acids is 1. The summed E-state index contributed by atoms with van der Waals surface area (Å²) in [6.45, 7) is 5.23. The van der Waals surface area contributed by atoms with E-state index < -0.39 is 16.1 Å². The third kappa shape index (κ3) is 3.01. The van der Waals surface area contributed by atoms with Gasteiger partial charge in [-0.15, -0.1) is 6.58 Å². The van der Waals surface area contributed by atoms with Gasteiger partial charge in [-0.05, 0) is 19.1 Å². The van der Waals surface area contributed by atoms with Crippen molar-refractivity contribution in [1.29, 1.82) is 0 Å². The number of carbonyl (C=O) groups is 1. The topological polar surface area (TPSA) is 63.2 Å². The number of aldehydes is 1. The van der Waals surface area contributed by atoms with Gasteiger partial charge < -0.3 is 4.79 Å². The number of nitrogens with one attached hydrogen (secondary N) is 1.